The molecule has 152 valence electrons. The molecule has 0 fully saturated rings. The van der Waals surface area contributed by atoms with Crippen LogP contribution in [-0.4, -0.2) is 24.4 Å². The molecule has 2 heterocycles. The van der Waals surface area contributed by atoms with Crippen LogP contribution in [0.2, 0.25) is 0 Å². The molecular weight excluding hydrogens is 384 g/mol. The number of hydrogen-bond acceptors (Lipinski definition) is 6. The SMILES string of the molecule is CCOc1cc(C2Nc3ccccc3C(=O)N2c2ccc3c(c2)OCO3)ccc1O. The van der Waals surface area contributed by atoms with Gasteiger partial charge in [-0.15, -0.1) is 0 Å². The minimum atomic E-state index is -0.507. The Morgan fingerprint density at radius 2 is 1.93 bits per heavy atom. The summed E-state index contributed by atoms with van der Waals surface area (Å²) in [6.45, 7) is 2.43. The lowest BCUT2D eigenvalue weighted by Crippen LogP contribution is -2.43. The van der Waals surface area contributed by atoms with Crippen molar-refractivity contribution in [2.24, 2.45) is 0 Å². The maximum atomic E-state index is 13.5. The Morgan fingerprint density at radius 1 is 1.10 bits per heavy atom. The largest absolute Gasteiger partial charge is 0.504 e. The van der Waals surface area contributed by atoms with Crippen molar-refractivity contribution in [3.05, 3.63) is 71.8 Å². The summed E-state index contributed by atoms with van der Waals surface area (Å²) in [5, 5.41) is 13.6. The van der Waals surface area contributed by atoms with Gasteiger partial charge in [0.1, 0.15) is 6.17 Å². The van der Waals surface area contributed by atoms with Crippen LogP contribution in [-0.2, 0) is 0 Å². The van der Waals surface area contributed by atoms with Gasteiger partial charge >= 0.3 is 0 Å². The van der Waals surface area contributed by atoms with Crippen molar-refractivity contribution in [2.45, 2.75) is 13.1 Å². The molecule has 0 spiro atoms. The average molecular weight is 404 g/mol. The minimum absolute atomic E-state index is 0.0535. The van der Waals surface area contributed by atoms with Gasteiger partial charge in [-0.2, -0.15) is 0 Å². The molecule has 3 aromatic carbocycles. The molecule has 7 heteroatoms. The summed E-state index contributed by atoms with van der Waals surface area (Å²) in [6, 6.07) is 17.9. The van der Waals surface area contributed by atoms with Gasteiger partial charge in [-0.25, -0.2) is 0 Å². The molecule has 0 aromatic heterocycles. The maximum absolute atomic E-state index is 13.5. The fourth-order valence-corrected chi connectivity index (χ4v) is 3.76. The van der Waals surface area contributed by atoms with Crippen LogP contribution in [0.1, 0.15) is 29.0 Å². The molecule has 5 rings (SSSR count). The first-order chi connectivity index (χ1) is 14.7. The van der Waals surface area contributed by atoms with Crippen LogP contribution in [0.5, 0.6) is 23.0 Å². The smallest absolute Gasteiger partial charge is 0.262 e. The Balaban J connectivity index is 1.63. The molecule has 0 aliphatic carbocycles. The topological polar surface area (TPSA) is 80.3 Å². The lowest BCUT2D eigenvalue weighted by Gasteiger charge is -2.38. The van der Waals surface area contributed by atoms with Crippen molar-refractivity contribution in [1.29, 1.82) is 0 Å². The van der Waals surface area contributed by atoms with Gasteiger partial charge in [0.25, 0.3) is 5.91 Å². The number of benzene rings is 3. The predicted molar refractivity (Wildman–Crippen MR) is 111 cm³/mol. The number of carbonyl (C=O) groups is 1. The van der Waals surface area contributed by atoms with E-state index in [2.05, 4.69) is 5.32 Å². The summed E-state index contributed by atoms with van der Waals surface area (Å²) in [7, 11) is 0. The van der Waals surface area contributed by atoms with E-state index >= 15 is 0 Å². The zero-order valence-corrected chi connectivity index (χ0v) is 16.3. The second-order valence-corrected chi connectivity index (χ2v) is 6.97. The third kappa shape index (κ3) is 2.95. The van der Waals surface area contributed by atoms with Gasteiger partial charge in [0.15, 0.2) is 23.0 Å². The highest BCUT2D eigenvalue weighted by molar-refractivity contribution is 6.12. The third-order valence-corrected chi connectivity index (χ3v) is 5.16. The number of nitrogens with one attached hydrogen (secondary N) is 1. The standard InChI is InChI=1S/C23H20N2O5/c1-2-28-20-11-14(7-9-18(20)26)22-24-17-6-4-3-5-16(17)23(27)25(22)15-8-10-19-21(12-15)30-13-29-19/h3-12,22,24,26H,2,13H2,1H3. The zero-order valence-electron chi connectivity index (χ0n) is 16.3. The van der Waals surface area contributed by atoms with Crippen LogP contribution in [0.15, 0.2) is 60.7 Å². The zero-order chi connectivity index (χ0) is 20.7. The first kappa shape index (κ1) is 18.2. The lowest BCUT2D eigenvalue weighted by atomic mass is 10.0. The normalized spacial score (nSPS) is 16.8. The van der Waals surface area contributed by atoms with Crippen molar-refractivity contribution in [3.63, 3.8) is 0 Å². The van der Waals surface area contributed by atoms with Gasteiger partial charge in [0.05, 0.1) is 17.9 Å². The summed E-state index contributed by atoms with van der Waals surface area (Å²) in [5.41, 5.74) is 2.77. The number of rotatable bonds is 4. The molecule has 2 N–H and O–H groups in total. The molecule has 30 heavy (non-hydrogen) atoms. The fourth-order valence-electron chi connectivity index (χ4n) is 3.76. The average Bonchev–Trinajstić information content (AvgIpc) is 3.23. The Kier molecular flexibility index (Phi) is 4.35. The molecule has 0 bridgehead atoms. The van der Waals surface area contributed by atoms with Crippen molar-refractivity contribution >= 4 is 17.3 Å². The number of phenolic OH excluding ortho intramolecular Hbond substituents is 1. The molecule has 3 aromatic rings. The van der Waals surface area contributed by atoms with Crippen molar-refractivity contribution in [3.8, 4) is 23.0 Å². The van der Waals surface area contributed by atoms with E-state index in [1.54, 1.807) is 41.3 Å². The summed E-state index contributed by atoms with van der Waals surface area (Å²) < 4.78 is 16.5. The molecule has 1 atom stereocenters. The number of aromatic hydroxyl groups is 1. The molecule has 1 amide bonds. The molecule has 0 saturated carbocycles. The number of nitrogens with zero attached hydrogens (tertiary/aromatic N) is 1. The molecule has 2 aliphatic heterocycles. The van der Waals surface area contributed by atoms with Crippen LogP contribution in [0.4, 0.5) is 11.4 Å². The second kappa shape index (κ2) is 7.18. The van der Waals surface area contributed by atoms with E-state index in [4.69, 9.17) is 14.2 Å². The second-order valence-electron chi connectivity index (χ2n) is 6.97. The number of amides is 1. The summed E-state index contributed by atoms with van der Waals surface area (Å²) in [5.74, 6) is 1.53. The summed E-state index contributed by atoms with van der Waals surface area (Å²) in [4.78, 5) is 15.2. The fraction of sp³-hybridized carbons (Fsp3) is 0.174. The van der Waals surface area contributed by atoms with Crippen molar-refractivity contribution in [1.82, 2.24) is 0 Å². The van der Waals surface area contributed by atoms with Crippen molar-refractivity contribution in [2.75, 3.05) is 23.6 Å². The van der Waals surface area contributed by atoms with E-state index in [0.717, 1.165) is 11.3 Å². The maximum Gasteiger partial charge on any atom is 0.262 e. The molecule has 0 radical (unpaired) electrons. The van der Waals surface area contributed by atoms with Gasteiger partial charge in [-0.1, -0.05) is 18.2 Å². The quantitative estimate of drug-likeness (QED) is 0.675. The Bertz CT molecular complexity index is 1130. The number of para-hydroxylation sites is 1. The number of anilines is 2. The van der Waals surface area contributed by atoms with Gasteiger partial charge in [-0.3, -0.25) is 9.69 Å². The Labute approximate surface area is 173 Å². The molecule has 1 unspecified atom stereocenters. The van der Waals surface area contributed by atoms with Gasteiger partial charge in [-0.05, 0) is 48.9 Å². The van der Waals surface area contributed by atoms with Crippen LogP contribution in [0.25, 0.3) is 0 Å². The van der Waals surface area contributed by atoms with Gasteiger partial charge < -0.3 is 24.6 Å². The predicted octanol–water partition coefficient (Wildman–Crippen LogP) is 4.29. The van der Waals surface area contributed by atoms with E-state index in [0.29, 0.717) is 35.1 Å². The lowest BCUT2D eigenvalue weighted by molar-refractivity contribution is 0.0975. The Morgan fingerprint density at radius 3 is 2.80 bits per heavy atom. The van der Waals surface area contributed by atoms with E-state index < -0.39 is 6.17 Å². The van der Waals surface area contributed by atoms with E-state index in [1.165, 1.54) is 0 Å². The summed E-state index contributed by atoms with van der Waals surface area (Å²) >= 11 is 0. The monoisotopic (exact) mass is 404 g/mol. The van der Waals surface area contributed by atoms with Crippen LogP contribution in [0, 0.1) is 0 Å². The third-order valence-electron chi connectivity index (χ3n) is 5.16. The van der Waals surface area contributed by atoms with E-state index in [9.17, 15) is 9.90 Å². The molecule has 0 saturated heterocycles. The van der Waals surface area contributed by atoms with E-state index in [-0.39, 0.29) is 18.4 Å². The Hall–Kier alpha value is -3.87. The van der Waals surface area contributed by atoms with Gasteiger partial charge in [0.2, 0.25) is 6.79 Å². The minimum Gasteiger partial charge on any atom is -0.504 e. The first-order valence-electron chi connectivity index (χ1n) is 9.70. The van der Waals surface area contributed by atoms with Crippen LogP contribution >= 0.6 is 0 Å². The highest BCUT2D eigenvalue weighted by Gasteiger charge is 2.35. The molecular formula is C23H20N2O5. The first-order valence-corrected chi connectivity index (χ1v) is 9.70. The molecule has 2 aliphatic rings. The highest BCUT2D eigenvalue weighted by Crippen LogP contribution is 2.42. The number of ether oxygens (including phenoxy) is 3. The van der Waals surface area contributed by atoms with Crippen LogP contribution in [0.3, 0.4) is 0 Å². The number of hydrogen-bond donors (Lipinski definition) is 2. The van der Waals surface area contributed by atoms with Crippen molar-refractivity contribution < 1.29 is 24.1 Å². The van der Waals surface area contributed by atoms with Crippen LogP contribution < -0.4 is 24.4 Å². The molecule has 7 nitrogen and oxygen atoms in total. The number of carbonyl (C=O) groups excluding carboxylic acids is 1. The highest BCUT2D eigenvalue weighted by atomic mass is 16.7. The van der Waals surface area contributed by atoms with E-state index in [1.807, 2.05) is 31.2 Å². The number of phenols is 1. The number of fused-ring (bicyclic) bond motifs is 2. The summed E-state index contributed by atoms with van der Waals surface area (Å²) in [6.07, 6.45) is -0.507. The van der Waals surface area contributed by atoms with Gasteiger partial charge in [0, 0.05) is 11.8 Å².